The average Bonchev–Trinajstić information content (AvgIpc) is 3.02. The number of rotatable bonds is 2. The van der Waals surface area contributed by atoms with Crippen molar-refractivity contribution in [2.24, 2.45) is 0 Å². The van der Waals surface area contributed by atoms with Gasteiger partial charge >= 0.3 is 5.97 Å². The Morgan fingerprint density at radius 2 is 1.95 bits per heavy atom. The molecule has 1 aliphatic carbocycles. The fourth-order valence-electron chi connectivity index (χ4n) is 3.04. The molecule has 1 spiro atoms. The summed E-state index contributed by atoms with van der Waals surface area (Å²) in [6.45, 7) is 1.03. The highest BCUT2D eigenvalue weighted by Gasteiger charge is 2.45. The van der Waals surface area contributed by atoms with E-state index in [0.717, 1.165) is 12.1 Å². The number of aromatic carboxylic acids is 1. The first-order valence-electron chi connectivity index (χ1n) is 6.51. The summed E-state index contributed by atoms with van der Waals surface area (Å²) in [7, 11) is 0. The van der Waals surface area contributed by atoms with Crippen LogP contribution < -0.4 is 0 Å². The molecule has 4 nitrogen and oxygen atoms in total. The van der Waals surface area contributed by atoms with Crippen molar-refractivity contribution in [3.8, 4) is 0 Å². The topological polar surface area (TPSA) is 55.8 Å². The Balaban J connectivity index is 1.88. The highest BCUT2D eigenvalue weighted by molar-refractivity contribution is 5.88. The SMILES string of the molecule is O=C(O)c1cc(F)c(C2CCC3(C2)OCCO3)cc1F. The van der Waals surface area contributed by atoms with E-state index in [4.69, 9.17) is 14.6 Å². The van der Waals surface area contributed by atoms with Crippen LogP contribution in [0.3, 0.4) is 0 Å². The molecule has 0 amide bonds. The van der Waals surface area contributed by atoms with Gasteiger partial charge < -0.3 is 14.6 Å². The lowest BCUT2D eigenvalue weighted by atomic mass is 9.95. The second-order valence-corrected chi connectivity index (χ2v) is 5.21. The van der Waals surface area contributed by atoms with Crippen molar-refractivity contribution in [2.75, 3.05) is 13.2 Å². The summed E-state index contributed by atoms with van der Waals surface area (Å²) >= 11 is 0. The van der Waals surface area contributed by atoms with Gasteiger partial charge in [-0.15, -0.1) is 0 Å². The van der Waals surface area contributed by atoms with Crippen molar-refractivity contribution in [3.05, 3.63) is 34.9 Å². The zero-order chi connectivity index (χ0) is 14.3. The maximum absolute atomic E-state index is 14.0. The van der Waals surface area contributed by atoms with Crippen molar-refractivity contribution in [2.45, 2.75) is 31.0 Å². The molecule has 1 heterocycles. The summed E-state index contributed by atoms with van der Waals surface area (Å²) < 4.78 is 38.8. The van der Waals surface area contributed by atoms with Crippen LogP contribution in [0.15, 0.2) is 12.1 Å². The van der Waals surface area contributed by atoms with Crippen LogP contribution >= 0.6 is 0 Å². The zero-order valence-corrected chi connectivity index (χ0v) is 10.7. The number of carboxylic acid groups (broad SMARTS) is 1. The molecule has 2 fully saturated rings. The third-order valence-corrected chi connectivity index (χ3v) is 4.00. The molecular weight excluding hydrogens is 270 g/mol. The van der Waals surface area contributed by atoms with E-state index >= 15 is 0 Å². The monoisotopic (exact) mass is 284 g/mol. The molecule has 1 atom stereocenters. The fraction of sp³-hybridized carbons (Fsp3) is 0.500. The quantitative estimate of drug-likeness (QED) is 0.907. The molecule has 6 heteroatoms. The van der Waals surface area contributed by atoms with E-state index in [1.165, 1.54) is 0 Å². The largest absolute Gasteiger partial charge is 0.478 e. The lowest BCUT2D eigenvalue weighted by Gasteiger charge is -2.21. The highest BCUT2D eigenvalue weighted by atomic mass is 19.1. The molecule has 20 heavy (non-hydrogen) atoms. The molecule has 1 aromatic carbocycles. The first-order valence-corrected chi connectivity index (χ1v) is 6.51. The minimum atomic E-state index is -1.47. The summed E-state index contributed by atoms with van der Waals surface area (Å²) in [5.74, 6) is -3.96. The Labute approximate surface area is 114 Å². The summed E-state index contributed by atoms with van der Waals surface area (Å²) in [5.41, 5.74) is -0.448. The van der Waals surface area contributed by atoms with Crippen LogP contribution in [-0.4, -0.2) is 30.1 Å². The lowest BCUT2D eigenvalue weighted by Crippen LogP contribution is -2.25. The molecule has 1 aromatic rings. The molecule has 1 saturated heterocycles. The summed E-state index contributed by atoms with van der Waals surface area (Å²) in [6, 6.07) is 1.73. The third kappa shape index (κ3) is 2.19. The van der Waals surface area contributed by atoms with Gasteiger partial charge in [-0.2, -0.15) is 0 Å². The molecule has 1 saturated carbocycles. The third-order valence-electron chi connectivity index (χ3n) is 4.00. The number of carbonyl (C=O) groups is 1. The van der Waals surface area contributed by atoms with Gasteiger partial charge in [0.1, 0.15) is 11.6 Å². The Hall–Kier alpha value is -1.53. The first-order chi connectivity index (χ1) is 9.51. The Morgan fingerprint density at radius 1 is 1.25 bits per heavy atom. The van der Waals surface area contributed by atoms with Gasteiger partial charge in [0.15, 0.2) is 5.79 Å². The fourth-order valence-corrected chi connectivity index (χ4v) is 3.04. The second kappa shape index (κ2) is 4.79. The predicted octanol–water partition coefficient (Wildman–Crippen LogP) is 2.67. The van der Waals surface area contributed by atoms with Crippen molar-refractivity contribution in [3.63, 3.8) is 0 Å². The number of carboxylic acids is 1. The smallest absolute Gasteiger partial charge is 0.338 e. The van der Waals surface area contributed by atoms with Crippen LogP contribution in [-0.2, 0) is 9.47 Å². The number of ether oxygens (including phenoxy) is 2. The first kappa shape index (κ1) is 13.5. The summed E-state index contributed by atoms with van der Waals surface area (Å²) in [6.07, 6.45) is 1.73. The summed E-state index contributed by atoms with van der Waals surface area (Å²) in [4.78, 5) is 10.8. The van der Waals surface area contributed by atoms with E-state index in [0.29, 0.717) is 32.5 Å². The van der Waals surface area contributed by atoms with Gasteiger partial charge in [0.25, 0.3) is 0 Å². The number of benzene rings is 1. The van der Waals surface area contributed by atoms with E-state index in [1.54, 1.807) is 0 Å². The van der Waals surface area contributed by atoms with Crippen LogP contribution in [0.1, 0.15) is 41.1 Å². The van der Waals surface area contributed by atoms with E-state index in [1.807, 2.05) is 0 Å². The van der Waals surface area contributed by atoms with Crippen molar-refractivity contribution in [1.29, 1.82) is 0 Å². The maximum Gasteiger partial charge on any atom is 0.338 e. The second-order valence-electron chi connectivity index (χ2n) is 5.21. The van der Waals surface area contributed by atoms with Gasteiger partial charge in [0.05, 0.1) is 18.8 Å². The Bertz CT molecular complexity index is 552. The molecule has 108 valence electrons. The van der Waals surface area contributed by atoms with Gasteiger partial charge in [0.2, 0.25) is 0 Å². The molecular formula is C14H14F2O4. The summed E-state index contributed by atoms with van der Waals surface area (Å²) in [5, 5.41) is 8.77. The standard InChI is InChI=1S/C14H14F2O4/c15-11-6-10(13(17)18)12(16)5-9(11)8-1-2-14(7-8)19-3-4-20-14/h5-6,8H,1-4,7H2,(H,17,18). The van der Waals surface area contributed by atoms with Crippen molar-refractivity contribution in [1.82, 2.24) is 0 Å². The Morgan fingerprint density at radius 3 is 2.60 bits per heavy atom. The van der Waals surface area contributed by atoms with Crippen molar-refractivity contribution < 1.29 is 28.2 Å². The number of halogens is 2. The minimum absolute atomic E-state index is 0.198. The van der Waals surface area contributed by atoms with Crippen LogP contribution in [0.25, 0.3) is 0 Å². The van der Waals surface area contributed by atoms with Crippen LogP contribution in [0.4, 0.5) is 8.78 Å². The van der Waals surface area contributed by atoms with E-state index in [9.17, 15) is 13.6 Å². The molecule has 3 rings (SSSR count). The predicted molar refractivity (Wildman–Crippen MR) is 64.5 cm³/mol. The molecule has 1 aliphatic heterocycles. The van der Waals surface area contributed by atoms with Gasteiger partial charge in [0, 0.05) is 12.8 Å². The number of hydrogen-bond acceptors (Lipinski definition) is 3. The van der Waals surface area contributed by atoms with E-state index < -0.39 is 29.0 Å². The lowest BCUT2D eigenvalue weighted by molar-refractivity contribution is -0.151. The molecule has 0 radical (unpaired) electrons. The van der Waals surface area contributed by atoms with Crippen LogP contribution in [0, 0.1) is 11.6 Å². The molecule has 0 aromatic heterocycles. The maximum atomic E-state index is 14.0. The Kier molecular flexibility index (Phi) is 3.22. The minimum Gasteiger partial charge on any atom is -0.478 e. The van der Waals surface area contributed by atoms with E-state index in [2.05, 4.69) is 0 Å². The normalized spacial score (nSPS) is 24.4. The average molecular weight is 284 g/mol. The highest BCUT2D eigenvalue weighted by Crippen LogP contribution is 2.46. The zero-order valence-electron chi connectivity index (χ0n) is 10.7. The molecule has 1 unspecified atom stereocenters. The number of hydrogen-bond donors (Lipinski definition) is 1. The van der Waals surface area contributed by atoms with Gasteiger partial charge in [-0.3, -0.25) is 0 Å². The molecule has 2 aliphatic rings. The van der Waals surface area contributed by atoms with Crippen molar-refractivity contribution >= 4 is 5.97 Å². The molecule has 1 N–H and O–H groups in total. The van der Waals surface area contributed by atoms with Gasteiger partial charge in [-0.1, -0.05) is 0 Å². The molecule has 0 bridgehead atoms. The van der Waals surface area contributed by atoms with Crippen LogP contribution in [0.5, 0.6) is 0 Å². The van der Waals surface area contributed by atoms with Gasteiger partial charge in [-0.05, 0) is 30.0 Å². The van der Waals surface area contributed by atoms with Gasteiger partial charge in [-0.25, -0.2) is 13.6 Å². The van der Waals surface area contributed by atoms with Crippen LogP contribution in [0.2, 0.25) is 0 Å². The van der Waals surface area contributed by atoms with E-state index in [-0.39, 0.29) is 11.5 Å².